The molecule has 0 fully saturated rings. The predicted molar refractivity (Wildman–Crippen MR) is 80.1 cm³/mol. The Bertz CT molecular complexity index is 706. The second-order valence-corrected chi connectivity index (χ2v) is 4.48. The van der Waals surface area contributed by atoms with E-state index in [4.69, 9.17) is 4.74 Å². The molecule has 3 rings (SSSR count). The zero-order valence-corrected chi connectivity index (χ0v) is 11.4. The maximum Gasteiger partial charge on any atom is 0.142 e. The predicted octanol–water partition coefficient (Wildman–Crippen LogP) is 3.35. The maximum absolute atomic E-state index is 5.61. The summed E-state index contributed by atoms with van der Waals surface area (Å²) in [5, 5.41) is 7.75. The van der Waals surface area contributed by atoms with Gasteiger partial charge in [0.1, 0.15) is 5.75 Å². The van der Waals surface area contributed by atoms with E-state index in [1.165, 1.54) is 0 Å². The van der Waals surface area contributed by atoms with Gasteiger partial charge in [0.05, 0.1) is 24.0 Å². The second-order valence-electron chi connectivity index (χ2n) is 4.48. The maximum atomic E-state index is 5.61. The van der Waals surface area contributed by atoms with Crippen molar-refractivity contribution in [2.75, 3.05) is 11.9 Å². The molecule has 3 aromatic rings. The molecular weight excluding hydrogens is 250 g/mol. The Morgan fingerprint density at radius 2 is 2.00 bits per heavy atom. The molecule has 102 valence electrons. The molecule has 0 spiro atoms. The summed E-state index contributed by atoms with van der Waals surface area (Å²) >= 11 is 0. The molecule has 0 aliphatic rings. The third-order valence-electron chi connectivity index (χ3n) is 3.16. The molecule has 1 aromatic carbocycles. The minimum Gasteiger partial charge on any atom is -0.492 e. The first-order valence-corrected chi connectivity index (χ1v) is 6.75. The lowest BCUT2D eigenvalue weighted by molar-refractivity contribution is 0.341. The van der Waals surface area contributed by atoms with Crippen LogP contribution in [0.4, 0.5) is 5.69 Å². The number of rotatable bonds is 5. The molecule has 20 heavy (non-hydrogen) atoms. The average molecular weight is 267 g/mol. The van der Waals surface area contributed by atoms with E-state index in [2.05, 4.69) is 16.5 Å². The molecule has 0 saturated carbocycles. The molecule has 2 heterocycles. The second kappa shape index (κ2) is 5.65. The van der Waals surface area contributed by atoms with Gasteiger partial charge in [-0.2, -0.15) is 5.10 Å². The van der Waals surface area contributed by atoms with Crippen molar-refractivity contribution in [2.24, 2.45) is 0 Å². The highest BCUT2D eigenvalue weighted by molar-refractivity contribution is 5.59. The molecule has 0 radical (unpaired) electrons. The Morgan fingerprint density at radius 1 is 1.15 bits per heavy atom. The van der Waals surface area contributed by atoms with Gasteiger partial charge >= 0.3 is 0 Å². The topological polar surface area (TPSA) is 38.6 Å². The summed E-state index contributed by atoms with van der Waals surface area (Å²) in [5.41, 5.74) is 3.29. The van der Waals surface area contributed by atoms with E-state index < -0.39 is 0 Å². The van der Waals surface area contributed by atoms with Crippen molar-refractivity contribution in [2.45, 2.75) is 13.5 Å². The van der Waals surface area contributed by atoms with Gasteiger partial charge in [0, 0.05) is 18.3 Å². The molecule has 4 nitrogen and oxygen atoms in total. The fourth-order valence-electron chi connectivity index (χ4n) is 2.21. The largest absolute Gasteiger partial charge is 0.492 e. The number of pyridine rings is 1. The van der Waals surface area contributed by atoms with Crippen LogP contribution >= 0.6 is 0 Å². The molecule has 0 aliphatic heterocycles. The highest BCUT2D eigenvalue weighted by Gasteiger charge is 2.05. The van der Waals surface area contributed by atoms with Gasteiger partial charge in [-0.15, -0.1) is 0 Å². The van der Waals surface area contributed by atoms with Crippen LogP contribution in [0.3, 0.4) is 0 Å². The van der Waals surface area contributed by atoms with Crippen LogP contribution in [-0.4, -0.2) is 16.2 Å². The summed E-state index contributed by atoms with van der Waals surface area (Å²) in [7, 11) is 0. The van der Waals surface area contributed by atoms with Gasteiger partial charge in [0.2, 0.25) is 0 Å². The fourth-order valence-corrected chi connectivity index (χ4v) is 2.21. The van der Waals surface area contributed by atoms with Crippen LogP contribution in [0.25, 0.3) is 5.52 Å². The van der Waals surface area contributed by atoms with Crippen LogP contribution in [0, 0.1) is 0 Å². The minimum atomic E-state index is 0.662. The number of hydrogen-bond donors (Lipinski definition) is 1. The minimum absolute atomic E-state index is 0.662. The lowest BCUT2D eigenvalue weighted by Gasteiger charge is -2.11. The number of nitrogens with zero attached hydrogens (tertiary/aromatic N) is 2. The van der Waals surface area contributed by atoms with Crippen molar-refractivity contribution in [1.29, 1.82) is 0 Å². The zero-order chi connectivity index (χ0) is 13.8. The number of fused-ring (bicyclic) bond motifs is 1. The first kappa shape index (κ1) is 12.5. The van der Waals surface area contributed by atoms with Gasteiger partial charge < -0.3 is 10.1 Å². The number of anilines is 1. The Balaban J connectivity index is 1.80. The molecule has 1 N–H and O–H groups in total. The summed E-state index contributed by atoms with van der Waals surface area (Å²) in [6.45, 7) is 3.37. The van der Waals surface area contributed by atoms with Crippen molar-refractivity contribution < 1.29 is 4.74 Å². The molecule has 0 atom stereocenters. The van der Waals surface area contributed by atoms with Crippen LogP contribution in [0.5, 0.6) is 5.75 Å². The number of para-hydroxylation sites is 2. The van der Waals surface area contributed by atoms with Crippen LogP contribution in [0.15, 0.2) is 54.9 Å². The third kappa shape index (κ3) is 2.45. The Hall–Kier alpha value is -2.49. The SMILES string of the molecule is CCOc1ccccc1NCc1cnn2ccccc12. The summed E-state index contributed by atoms with van der Waals surface area (Å²) in [6, 6.07) is 14.0. The van der Waals surface area contributed by atoms with Crippen molar-refractivity contribution in [1.82, 2.24) is 9.61 Å². The smallest absolute Gasteiger partial charge is 0.142 e. The molecule has 0 saturated heterocycles. The van der Waals surface area contributed by atoms with E-state index in [1.807, 2.05) is 60.2 Å². The molecule has 0 aliphatic carbocycles. The van der Waals surface area contributed by atoms with Crippen LogP contribution in [0.2, 0.25) is 0 Å². The summed E-state index contributed by atoms with van der Waals surface area (Å²) in [6.07, 6.45) is 3.85. The van der Waals surface area contributed by atoms with E-state index in [9.17, 15) is 0 Å². The van der Waals surface area contributed by atoms with E-state index in [1.54, 1.807) is 0 Å². The lowest BCUT2D eigenvalue weighted by atomic mass is 10.2. The van der Waals surface area contributed by atoms with Crippen molar-refractivity contribution in [3.63, 3.8) is 0 Å². The fraction of sp³-hybridized carbons (Fsp3) is 0.188. The summed E-state index contributed by atoms with van der Waals surface area (Å²) in [4.78, 5) is 0. The van der Waals surface area contributed by atoms with E-state index in [0.29, 0.717) is 6.61 Å². The third-order valence-corrected chi connectivity index (χ3v) is 3.16. The number of benzene rings is 1. The Labute approximate surface area is 118 Å². The molecule has 4 heteroatoms. The van der Waals surface area contributed by atoms with E-state index in [0.717, 1.165) is 29.1 Å². The summed E-state index contributed by atoms with van der Waals surface area (Å²) < 4.78 is 7.49. The monoisotopic (exact) mass is 267 g/mol. The summed E-state index contributed by atoms with van der Waals surface area (Å²) in [5.74, 6) is 0.881. The van der Waals surface area contributed by atoms with Gasteiger partial charge in [-0.05, 0) is 31.2 Å². The van der Waals surface area contributed by atoms with Crippen LogP contribution < -0.4 is 10.1 Å². The van der Waals surface area contributed by atoms with Gasteiger partial charge in [0.15, 0.2) is 0 Å². The molecular formula is C16H17N3O. The quantitative estimate of drug-likeness (QED) is 0.770. The van der Waals surface area contributed by atoms with Gasteiger partial charge in [-0.25, -0.2) is 4.52 Å². The Morgan fingerprint density at radius 3 is 2.90 bits per heavy atom. The molecule has 2 aromatic heterocycles. The lowest BCUT2D eigenvalue weighted by Crippen LogP contribution is -2.02. The van der Waals surface area contributed by atoms with Crippen molar-refractivity contribution in [3.8, 4) is 5.75 Å². The van der Waals surface area contributed by atoms with Crippen molar-refractivity contribution >= 4 is 11.2 Å². The number of nitrogens with one attached hydrogen (secondary N) is 1. The van der Waals surface area contributed by atoms with Gasteiger partial charge in [0.25, 0.3) is 0 Å². The first-order chi connectivity index (χ1) is 9.88. The Kier molecular flexibility index (Phi) is 3.54. The van der Waals surface area contributed by atoms with E-state index in [-0.39, 0.29) is 0 Å². The zero-order valence-electron chi connectivity index (χ0n) is 11.4. The number of ether oxygens (including phenoxy) is 1. The van der Waals surface area contributed by atoms with E-state index >= 15 is 0 Å². The highest BCUT2D eigenvalue weighted by Crippen LogP contribution is 2.24. The highest BCUT2D eigenvalue weighted by atomic mass is 16.5. The van der Waals surface area contributed by atoms with Crippen LogP contribution in [0.1, 0.15) is 12.5 Å². The average Bonchev–Trinajstić information content (AvgIpc) is 2.90. The van der Waals surface area contributed by atoms with Gasteiger partial charge in [-0.1, -0.05) is 18.2 Å². The number of hydrogen-bond acceptors (Lipinski definition) is 3. The molecule has 0 amide bonds. The molecule has 0 unspecified atom stereocenters. The first-order valence-electron chi connectivity index (χ1n) is 6.75. The van der Waals surface area contributed by atoms with Gasteiger partial charge in [-0.3, -0.25) is 0 Å². The molecule has 0 bridgehead atoms. The van der Waals surface area contributed by atoms with Crippen LogP contribution in [-0.2, 0) is 6.54 Å². The number of aromatic nitrogens is 2. The van der Waals surface area contributed by atoms with Crippen molar-refractivity contribution in [3.05, 3.63) is 60.4 Å². The standard InChI is InChI=1S/C16H17N3O/c1-2-20-16-9-4-3-7-14(16)17-11-13-12-18-19-10-6-5-8-15(13)19/h3-10,12,17H,2,11H2,1H3. The normalized spacial score (nSPS) is 10.7.